The summed E-state index contributed by atoms with van der Waals surface area (Å²) in [7, 11) is -6.50. The Morgan fingerprint density at radius 1 is 1.30 bits per heavy atom. The first-order valence-corrected chi connectivity index (χ1v) is 9.01. The molecule has 0 radical (unpaired) electrons. The minimum atomic E-state index is -4.13. The molecule has 20 heavy (non-hydrogen) atoms. The topological polar surface area (TPSA) is 97.5 Å². The molecule has 0 aliphatic heterocycles. The van der Waals surface area contributed by atoms with Crippen molar-refractivity contribution in [2.24, 2.45) is 5.73 Å². The highest BCUT2D eigenvalue weighted by Gasteiger charge is 2.26. The fraction of sp³-hybridized carbons (Fsp3) is 0.455. The molecule has 1 atom stereocenters. The maximum atomic E-state index is 13.7. The molecule has 0 amide bonds. The third kappa shape index (κ3) is 3.75. The number of nitrogens with two attached hydrogens (primary N) is 1. The molecule has 0 aliphatic carbocycles. The monoisotopic (exact) mass is 324 g/mol. The number of halogens is 1. The molecule has 0 aromatic heterocycles. The number of sulfone groups is 1. The second-order valence-corrected chi connectivity index (χ2v) is 8.66. The Hall–Kier alpha value is -1.03. The standard InChI is InChI=1S/C11H17FN2O4S2/c1-8(13)7-14(2)20(17,18)11-6-9(19(3,15)16)4-5-10(11)12/h4-6,8H,7,13H2,1-3H3. The molecule has 0 bridgehead atoms. The van der Waals surface area contributed by atoms with Gasteiger partial charge >= 0.3 is 0 Å². The zero-order valence-electron chi connectivity index (χ0n) is 11.4. The summed E-state index contributed by atoms with van der Waals surface area (Å²) in [6.07, 6.45) is 0.919. The average Bonchev–Trinajstić information content (AvgIpc) is 2.26. The number of hydrogen-bond acceptors (Lipinski definition) is 5. The molecule has 1 rings (SSSR count). The predicted octanol–water partition coefficient (Wildman–Crippen LogP) is 0.197. The van der Waals surface area contributed by atoms with E-state index in [0.29, 0.717) is 0 Å². The van der Waals surface area contributed by atoms with Gasteiger partial charge in [-0.3, -0.25) is 0 Å². The third-order valence-corrected chi connectivity index (χ3v) is 5.51. The molecule has 0 fully saturated rings. The lowest BCUT2D eigenvalue weighted by atomic mass is 10.3. The van der Waals surface area contributed by atoms with Crippen LogP contribution in [0.5, 0.6) is 0 Å². The number of benzene rings is 1. The van der Waals surface area contributed by atoms with Crippen LogP contribution in [0.15, 0.2) is 28.0 Å². The molecule has 0 aliphatic rings. The van der Waals surface area contributed by atoms with E-state index in [4.69, 9.17) is 5.73 Å². The second-order valence-electron chi connectivity index (χ2n) is 4.63. The highest BCUT2D eigenvalue weighted by molar-refractivity contribution is 7.91. The lowest BCUT2D eigenvalue weighted by Crippen LogP contribution is -2.37. The zero-order chi connectivity index (χ0) is 15.7. The summed E-state index contributed by atoms with van der Waals surface area (Å²) in [5.41, 5.74) is 5.51. The van der Waals surface area contributed by atoms with Crippen LogP contribution < -0.4 is 5.73 Å². The third-order valence-electron chi connectivity index (χ3n) is 2.56. The van der Waals surface area contributed by atoms with E-state index in [1.54, 1.807) is 6.92 Å². The van der Waals surface area contributed by atoms with Crippen LogP contribution in [0.25, 0.3) is 0 Å². The van der Waals surface area contributed by atoms with Crippen LogP contribution in [-0.4, -0.2) is 47.0 Å². The maximum Gasteiger partial charge on any atom is 0.245 e. The largest absolute Gasteiger partial charge is 0.327 e. The van der Waals surface area contributed by atoms with E-state index in [1.165, 1.54) is 7.05 Å². The first-order chi connectivity index (χ1) is 8.96. The van der Waals surface area contributed by atoms with E-state index in [1.807, 2.05) is 0 Å². The van der Waals surface area contributed by atoms with Crippen molar-refractivity contribution in [3.05, 3.63) is 24.0 Å². The number of rotatable bonds is 5. The van der Waals surface area contributed by atoms with Crippen LogP contribution in [0, 0.1) is 5.82 Å². The first kappa shape index (κ1) is 17.0. The lowest BCUT2D eigenvalue weighted by molar-refractivity contribution is 0.440. The minimum Gasteiger partial charge on any atom is -0.327 e. The molecule has 1 unspecified atom stereocenters. The van der Waals surface area contributed by atoms with Crippen molar-refractivity contribution in [1.82, 2.24) is 4.31 Å². The van der Waals surface area contributed by atoms with Crippen molar-refractivity contribution >= 4 is 19.9 Å². The van der Waals surface area contributed by atoms with Gasteiger partial charge in [0.25, 0.3) is 0 Å². The number of hydrogen-bond donors (Lipinski definition) is 1. The molecule has 0 heterocycles. The Morgan fingerprint density at radius 3 is 2.30 bits per heavy atom. The number of sulfonamides is 1. The van der Waals surface area contributed by atoms with Crippen LogP contribution in [0.3, 0.4) is 0 Å². The van der Waals surface area contributed by atoms with Crippen molar-refractivity contribution in [3.8, 4) is 0 Å². The molecule has 1 aromatic carbocycles. The van der Waals surface area contributed by atoms with Gasteiger partial charge in [-0.2, -0.15) is 4.31 Å². The van der Waals surface area contributed by atoms with Crippen molar-refractivity contribution in [3.63, 3.8) is 0 Å². The summed E-state index contributed by atoms with van der Waals surface area (Å²) in [5.74, 6) is -1.01. The van der Waals surface area contributed by atoms with Crippen LogP contribution >= 0.6 is 0 Å². The lowest BCUT2D eigenvalue weighted by Gasteiger charge is -2.19. The van der Waals surface area contributed by atoms with Gasteiger partial charge in [0, 0.05) is 25.9 Å². The highest BCUT2D eigenvalue weighted by atomic mass is 32.2. The summed E-state index contributed by atoms with van der Waals surface area (Å²) < 4.78 is 61.9. The molecule has 0 saturated heterocycles. The highest BCUT2D eigenvalue weighted by Crippen LogP contribution is 2.22. The van der Waals surface area contributed by atoms with E-state index in [-0.39, 0.29) is 11.4 Å². The van der Waals surface area contributed by atoms with Gasteiger partial charge in [-0.1, -0.05) is 0 Å². The molecular weight excluding hydrogens is 307 g/mol. The van der Waals surface area contributed by atoms with Crippen LogP contribution in [0.2, 0.25) is 0 Å². The average molecular weight is 324 g/mol. The van der Waals surface area contributed by atoms with Gasteiger partial charge in [0.2, 0.25) is 10.0 Å². The second kappa shape index (κ2) is 5.76. The Balaban J connectivity index is 3.38. The number of nitrogens with zero attached hydrogens (tertiary/aromatic N) is 1. The fourth-order valence-electron chi connectivity index (χ4n) is 1.58. The normalized spacial score (nSPS) is 14.5. The molecule has 114 valence electrons. The molecule has 0 spiro atoms. The van der Waals surface area contributed by atoms with E-state index in [9.17, 15) is 21.2 Å². The van der Waals surface area contributed by atoms with E-state index < -0.39 is 36.6 Å². The van der Waals surface area contributed by atoms with Crippen LogP contribution in [-0.2, 0) is 19.9 Å². The van der Waals surface area contributed by atoms with E-state index in [2.05, 4.69) is 0 Å². The van der Waals surface area contributed by atoms with Gasteiger partial charge in [0.1, 0.15) is 10.7 Å². The Morgan fingerprint density at radius 2 is 1.85 bits per heavy atom. The molecule has 0 saturated carbocycles. The SMILES string of the molecule is CC(N)CN(C)S(=O)(=O)c1cc(S(C)(=O)=O)ccc1F. The Labute approximate surface area is 118 Å². The summed E-state index contributed by atoms with van der Waals surface area (Å²) in [6.45, 7) is 1.60. The molecule has 2 N–H and O–H groups in total. The Bertz CT molecular complexity index is 699. The van der Waals surface area contributed by atoms with Crippen LogP contribution in [0.1, 0.15) is 6.92 Å². The van der Waals surface area contributed by atoms with E-state index in [0.717, 1.165) is 28.8 Å². The fourth-order valence-corrected chi connectivity index (χ4v) is 3.66. The van der Waals surface area contributed by atoms with Gasteiger partial charge in [-0.05, 0) is 25.1 Å². The first-order valence-electron chi connectivity index (χ1n) is 5.68. The van der Waals surface area contributed by atoms with Crippen LogP contribution in [0.4, 0.5) is 4.39 Å². The van der Waals surface area contributed by atoms with Crippen molar-refractivity contribution in [1.29, 1.82) is 0 Å². The molecule has 6 nitrogen and oxygen atoms in total. The van der Waals surface area contributed by atoms with Gasteiger partial charge in [-0.25, -0.2) is 21.2 Å². The zero-order valence-corrected chi connectivity index (χ0v) is 13.0. The molecular formula is C11H17FN2O4S2. The van der Waals surface area contributed by atoms with Gasteiger partial charge < -0.3 is 5.73 Å². The van der Waals surface area contributed by atoms with Crippen molar-refractivity contribution in [2.45, 2.75) is 22.8 Å². The summed E-state index contributed by atoms with van der Waals surface area (Å²) >= 11 is 0. The number of likely N-dealkylation sites (N-methyl/N-ethyl adjacent to an activating group) is 1. The summed E-state index contributed by atoms with van der Waals surface area (Å²) in [4.78, 5) is -0.935. The summed E-state index contributed by atoms with van der Waals surface area (Å²) in [6, 6.07) is 2.23. The molecule has 1 aromatic rings. The van der Waals surface area contributed by atoms with E-state index >= 15 is 0 Å². The quantitative estimate of drug-likeness (QED) is 0.780. The smallest absolute Gasteiger partial charge is 0.245 e. The minimum absolute atomic E-state index is 0.00905. The van der Waals surface area contributed by atoms with Gasteiger partial charge in [0.05, 0.1) is 4.90 Å². The summed E-state index contributed by atoms with van der Waals surface area (Å²) in [5, 5.41) is 0. The predicted molar refractivity (Wildman–Crippen MR) is 73.0 cm³/mol. The maximum absolute atomic E-state index is 13.7. The van der Waals surface area contributed by atoms with Gasteiger partial charge in [0.15, 0.2) is 9.84 Å². The van der Waals surface area contributed by atoms with Crippen molar-refractivity contribution in [2.75, 3.05) is 19.8 Å². The molecule has 9 heteroatoms. The van der Waals surface area contributed by atoms with Crippen molar-refractivity contribution < 1.29 is 21.2 Å². The van der Waals surface area contributed by atoms with Gasteiger partial charge in [-0.15, -0.1) is 0 Å². The Kier molecular flexibility index (Phi) is 4.90.